The van der Waals surface area contributed by atoms with E-state index in [2.05, 4.69) is 30.4 Å². The van der Waals surface area contributed by atoms with E-state index in [9.17, 15) is 0 Å². The fraction of sp³-hybridized carbons (Fsp3) is 0.571. The predicted octanol–water partition coefficient (Wildman–Crippen LogP) is 3.31. The number of fused-ring (bicyclic) bond motifs is 1. The van der Waals surface area contributed by atoms with Crippen LogP contribution in [0, 0.1) is 0 Å². The van der Waals surface area contributed by atoms with Crippen LogP contribution in [-0.2, 0) is 19.4 Å². The quantitative estimate of drug-likeness (QED) is 0.781. The average molecular weight is 205 g/mol. The first-order valence-corrected chi connectivity index (χ1v) is 6.21. The van der Waals surface area contributed by atoms with E-state index in [4.69, 9.17) is 0 Å². The third kappa shape index (κ3) is 3.35. The molecule has 1 aliphatic rings. The fourth-order valence-corrected chi connectivity index (χ4v) is 1.97. The zero-order valence-corrected chi connectivity index (χ0v) is 10.3. The minimum absolute atomic E-state index is 1.06. The molecule has 1 heteroatoms. The minimum atomic E-state index is 1.06. The van der Waals surface area contributed by atoms with Crippen LogP contribution in [0.1, 0.15) is 43.9 Å². The van der Waals surface area contributed by atoms with Crippen molar-refractivity contribution in [2.45, 2.75) is 46.6 Å². The minimum Gasteiger partial charge on any atom is -0.312 e. The summed E-state index contributed by atoms with van der Waals surface area (Å²) in [6.45, 7) is 8.44. The third-order valence-electron chi connectivity index (χ3n) is 2.70. The summed E-state index contributed by atoms with van der Waals surface area (Å²) in [6.07, 6.45) is 3.67. The molecule has 0 radical (unpaired) electrons. The molecule has 2 rings (SSSR count). The van der Waals surface area contributed by atoms with Crippen molar-refractivity contribution >= 4 is 0 Å². The molecule has 84 valence electrons. The van der Waals surface area contributed by atoms with Crippen LogP contribution in [-0.4, -0.2) is 6.54 Å². The first-order valence-electron chi connectivity index (χ1n) is 6.21. The van der Waals surface area contributed by atoms with Crippen molar-refractivity contribution in [1.82, 2.24) is 5.32 Å². The standard InChI is InChI=1S/C12H17N.C2H6/c1-2-3-10-4-5-12-9-13-7-6-11(12)8-10;1-2/h4-5,8,13H,2-3,6-7,9H2,1H3;1-2H3. The zero-order valence-electron chi connectivity index (χ0n) is 10.3. The molecule has 0 aliphatic carbocycles. The van der Waals surface area contributed by atoms with E-state index in [0.29, 0.717) is 0 Å². The molecule has 1 N–H and O–H groups in total. The first-order chi connectivity index (χ1) is 7.40. The Morgan fingerprint density at radius 3 is 2.73 bits per heavy atom. The molecular formula is C14H23N. The highest BCUT2D eigenvalue weighted by Crippen LogP contribution is 2.16. The second-order valence-electron chi connectivity index (χ2n) is 3.78. The van der Waals surface area contributed by atoms with Gasteiger partial charge in [-0.25, -0.2) is 0 Å². The first kappa shape index (κ1) is 12.3. The Morgan fingerprint density at radius 1 is 1.20 bits per heavy atom. The molecule has 0 fully saturated rings. The summed E-state index contributed by atoms with van der Waals surface area (Å²) >= 11 is 0. The molecule has 0 saturated heterocycles. The van der Waals surface area contributed by atoms with E-state index < -0.39 is 0 Å². The van der Waals surface area contributed by atoms with Crippen LogP contribution in [0.2, 0.25) is 0 Å². The van der Waals surface area contributed by atoms with E-state index in [0.717, 1.165) is 13.1 Å². The lowest BCUT2D eigenvalue weighted by atomic mass is 9.97. The summed E-state index contributed by atoms with van der Waals surface area (Å²) in [4.78, 5) is 0. The van der Waals surface area contributed by atoms with Crippen LogP contribution in [0.25, 0.3) is 0 Å². The molecular weight excluding hydrogens is 182 g/mol. The van der Waals surface area contributed by atoms with Crippen molar-refractivity contribution < 1.29 is 0 Å². The average Bonchev–Trinajstić information content (AvgIpc) is 2.32. The van der Waals surface area contributed by atoms with Crippen LogP contribution >= 0.6 is 0 Å². The SMILES string of the molecule is CC.CCCc1ccc2c(c1)CCNC2. The Bertz CT molecular complexity index is 291. The van der Waals surface area contributed by atoms with Crippen molar-refractivity contribution in [1.29, 1.82) is 0 Å². The summed E-state index contributed by atoms with van der Waals surface area (Å²) < 4.78 is 0. The molecule has 1 aliphatic heterocycles. The molecule has 0 bridgehead atoms. The van der Waals surface area contributed by atoms with Crippen LogP contribution < -0.4 is 5.32 Å². The number of benzene rings is 1. The van der Waals surface area contributed by atoms with E-state index >= 15 is 0 Å². The van der Waals surface area contributed by atoms with Crippen LogP contribution in [0.4, 0.5) is 0 Å². The lowest BCUT2D eigenvalue weighted by Gasteiger charge is -2.17. The topological polar surface area (TPSA) is 12.0 Å². The van der Waals surface area contributed by atoms with Gasteiger partial charge in [0.2, 0.25) is 0 Å². The van der Waals surface area contributed by atoms with Gasteiger partial charge >= 0.3 is 0 Å². The summed E-state index contributed by atoms with van der Waals surface area (Å²) in [6, 6.07) is 6.95. The maximum absolute atomic E-state index is 3.39. The predicted molar refractivity (Wildman–Crippen MR) is 67.2 cm³/mol. The lowest BCUT2D eigenvalue weighted by molar-refractivity contribution is 0.642. The van der Waals surface area contributed by atoms with Crippen molar-refractivity contribution in [2.75, 3.05) is 6.54 Å². The van der Waals surface area contributed by atoms with Gasteiger partial charge in [-0.2, -0.15) is 0 Å². The Labute approximate surface area is 93.9 Å². The van der Waals surface area contributed by atoms with Gasteiger partial charge in [-0.15, -0.1) is 0 Å². The highest BCUT2D eigenvalue weighted by molar-refractivity contribution is 5.33. The largest absolute Gasteiger partial charge is 0.312 e. The second kappa shape index (κ2) is 6.62. The Kier molecular flexibility index (Phi) is 5.41. The number of aryl methyl sites for hydroxylation is 1. The van der Waals surface area contributed by atoms with Crippen molar-refractivity contribution in [3.8, 4) is 0 Å². The molecule has 0 spiro atoms. The molecule has 1 aromatic rings. The molecule has 0 unspecified atom stereocenters. The summed E-state index contributed by atoms with van der Waals surface area (Å²) in [5.74, 6) is 0. The van der Waals surface area contributed by atoms with Crippen LogP contribution in [0.15, 0.2) is 18.2 Å². The van der Waals surface area contributed by atoms with E-state index in [1.807, 2.05) is 13.8 Å². The Balaban J connectivity index is 0.000000531. The molecule has 1 aromatic carbocycles. The van der Waals surface area contributed by atoms with Crippen molar-refractivity contribution in [2.24, 2.45) is 0 Å². The van der Waals surface area contributed by atoms with Gasteiger partial charge in [-0.3, -0.25) is 0 Å². The fourth-order valence-electron chi connectivity index (χ4n) is 1.97. The van der Waals surface area contributed by atoms with E-state index in [1.54, 1.807) is 5.56 Å². The number of nitrogens with one attached hydrogen (secondary N) is 1. The van der Waals surface area contributed by atoms with Gasteiger partial charge < -0.3 is 5.32 Å². The summed E-state index contributed by atoms with van der Waals surface area (Å²) in [5, 5.41) is 3.39. The van der Waals surface area contributed by atoms with Crippen LogP contribution in [0.3, 0.4) is 0 Å². The van der Waals surface area contributed by atoms with E-state index in [1.165, 1.54) is 30.4 Å². The van der Waals surface area contributed by atoms with Gasteiger partial charge in [-0.1, -0.05) is 45.4 Å². The van der Waals surface area contributed by atoms with Gasteiger partial charge in [-0.05, 0) is 36.1 Å². The molecule has 0 saturated carbocycles. The smallest absolute Gasteiger partial charge is 0.0208 e. The molecule has 1 nitrogen and oxygen atoms in total. The second-order valence-corrected chi connectivity index (χ2v) is 3.78. The van der Waals surface area contributed by atoms with Gasteiger partial charge in [0.1, 0.15) is 0 Å². The molecule has 1 heterocycles. The molecule has 15 heavy (non-hydrogen) atoms. The third-order valence-corrected chi connectivity index (χ3v) is 2.70. The Hall–Kier alpha value is -0.820. The van der Waals surface area contributed by atoms with E-state index in [-0.39, 0.29) is 0 Å². The van der Waals surface area contributed by atoms with Crippen LogP contribution in [0.5, 0.6) is 0 Å². The van der Waals surface area contributed by atoms with Gasteiger partial charge in [0, 0.05) is 6.54 Å². The lowest BCUT2D eigenvalue weighted by Crippen LogP contribution is -2.23. The van der Waals surface area contributed by atoms with Crippen molar-refractivity contribution in [3.63, 3.8) is 0 Å². The number of rotatable bonds is 2. The summed E-state index contributed by atoms with van der Waals surface area (Å²) in [7, 11) is 0. The van der Waals surface area contributed by atoms with Gasteiger partial charge in [0.15, 0.2) is 0 Å². The molecule has 0 amide bonds. The number of hydrogen-bond acceptors (Lipinski definition) is 1. The summed E-state index contributed by atoms with van der Waals surface area (Å²) in [5.41, 5.74) is 4.55. The Morgan fingerprint density at radius 2 is 2.00 bits per heavy atom. The molecule has 0 aromatic heterocycles. The number of hydrogen-bond donors (Lipinski definition) is 1. The maximum atomic E-state index is 3.39. The maximum Gasteiger partial charge on any atom is 0.0208 e. The van der Waals surface area contributed by atoms with Gasteiger partial charge in [0.25, 0.3) is 0 Å². The normalized spacial score (nSPS) is 13.8. The highest BCUT2D eigenvalue weighted by Gasteiger charge is 2.07. The van der Waals surface area contributed by atoms with Crippen molar-refractivity contribution in [3.05, 3.63) is 34.9 Å². The molecule has 0 atom stereocenters. The monoisotopic (exact) mass is 205 g/mol. The highest BCUT2D eigenvalue weighted by atomic mass is 14.9. The van der Waals surface area contributed by atoms with Gasteiger partial charge in [0.05, 0.1) is 0 Å². The zero-order chi connectivity index (χ0) is 11.1.